The summed E-state index contributed by atoms with van der Waals surface area (Å²) in [6.45, 7) is 0.0930. The number of hydrogen-bond donors (Lipinski definition) is 2. The molecule has 2 aromatic heterocycles. The first-order valence-electron chi connectivity index (χ1n) is 6.07. The minimum atomic E-state index is -0.363. The van der Waals surface area contributed by atoms with E-state index in [-0.39, 0.29) is 17.7 Å². The largest absolute Gasteiger partial charge is 0.395 e. The van der Waals surface area contributed by atoms with Crippen molar-refractivity contribution in [2.75, 3.05) is 6.61 Å². The summed E-state index contributed by atoms with van der Waals surface area (Å²) in [6.07, 6.45) is 6.91. The Morgan fingerprint density at radius 1 is 1.40 bits per heavy atom. The van der Waals surface area contributed by atoms with Gasteiger partial charge in [-0.25, -0.2) is 9.37 Å². The summed E-state index contributed by atoms with van der Waals surface area (Å²) < 4.78 is 13.0. The highest BCUT2D eigenvalue weighted by Gasteiger charge is 2.09. The van der Waals surface area contributed by atoms with Gasteiger partial charge in [-0.15, -0.1) is 11.8 Å². The monoisotopic (exact) mass is 286 g/mol. The van der Waals surface area contributed by atoms with Crippen molar-refractivity contribution in [1.29, 1.82) is 0 Å². The van der Waals surface area contributed by atoms with Gasteiger partial charge in [-0.3, -0.25) is 0 Å². The number of aromatic nitrogens is 2. The molecule has 0 radical (unpaired) electrons. The second kappa shape index (κ2) is 5.53. The van der Waals surface area contributed by atoms with Gasteiger partial charge < -0.3 is 10.1 Å². The lowest BCUT2D eigenvalue weighted by Gasteiger charge is -2.11. The Morgan fingerprint density at radius 2 is 2.30 bits per heavy atom. The third-order valence-electron chi connectivity index (χ3n) is 2.79. The molecule has 0 spiro atoms. The highest BCUT2D eigenvalue weighted by atomic mass is 32.2. The quantitative estimate of drug-likeness (QED) is 0.792. The highest BCUT2D eigenvalue weighted by Crippen LogP contribution is 2.25. The fourth-order valence-corrected chi connectivity index (χ4v) is 2.70. The molecule has 20 heavy (non-hydrogen) atoms. The first kappa shape index (κ1) is 13.0. The first-order valence-corrected chi connectivity index (χ1v) is 6.95. The second-order valence-corrected chi connectivity index (χ2v) is 5.56. The predicted octanol–water partition coefficient (Wildman–Crippen LogP) is 2.60. The van der Waals surface area contributed by atoms with E-state index < -0.39 is 0 Å². The first-order chi connectivity index (χ1) is 9.74. The zero-order valence-corrected chi connectivity index (χ0v) is 11.2. The standard InChI is InChI=1S/C15H11FN2OS/c16-11-6-10-7-12(18-15(10)17-8-11)4-5-13-2-1-3-14(9-19)20-13/h1-3,6-8,14,19H,9H2,(H,17,18). The van der Waals surface area contributed by atoms with E-state index in [0.29, 0.717) is 16.7 Å². The van der Waals surface area contributed by atoms with E-state index in [9.17, 15) is 4.39 Å². The Labute approximate surface area is 119 Å². The van der Waals surface area contributed by atoms with E-state index in [1.807, 2.05) is 18.2 Å². The number of H-pyrrole nitrogens is 1. The molecule has 3 heterocycles. The maximum Gasteiger partial charge on any atom is 0.142 e. The summed E-state index contributed by atoms with van der Waals surface area (Å²) in [5.41, 5.74) is 1.31. The fourth-order valence-electron chi connectivity index (χ4n) is 1.86. The van der Waals surface area contributed by atoms with Crippen LogP contribution in [-0.2, 0) is 0 Å². The number of fused-ring (bicyclic) bond motifs is 1. The summed E-state index contributed by atoms with van der Waals surface area (Å²) in [6, 6.07) is 3.19. The van der Waals surface area contributed by atoms with Crippen LogP contribution in [0.25, 0.3) is 11.0 Å². The molecule has 2 aromatic rings. The van der Waals surface area contributed by atoms with E-state index in [1.54, 1.807) is 6.07 Å². The highest BCUT2D eigenvalue weighted by molar-refractivity contribution is 8.04. The van der Waals surface area contributed by atoms with E-state index in [2.05, 4.69) is 21.8 Å². The van der Waals surface area contributed by atoms with Crippen molar-refractivity contribution in [3.05, 3.63) is 53.0 Å². The topological polar surface area (TPSA) is 48.9 Å². The lowest BCUT2D eigenvalue weighted by molar-refractivity contribution is 0.307. The molecule has 0 aliphatic carbocycles. The van der Waals surface area contributed by atoms with E-state index >= 15 is 0 Å². The molecule has 2 N–H and O–H groups in total. The molecule has 1 unspecified atom stereocenters. The Morgan fingerprint density at radius 3 is 3.15 bits per heavy atom. The third-order valence-corrected chi connectivity index (χ3v) is 3.89. The van der Waals surface area contributed by atoms with Crippen molar-refractivity contribution in [3.8, 4) is 11.8 Å². The van der Waals surface area contributed by atoms with Gasteiger partial charge in [-0.2, -0.15) is 0 Å². The van der Waals surface area contributed by atoms with Crippen LogP contribution in [0.15, 0.2) is 41.5 Å². The van der Waals surface area contributed by atoms with Crippen LogP contribution < -0.4 is 0 Å². The van der Waals surface area contributed by atoms with Gasteiger partial charge in [0.1, 0.15) is 11.5 Å². The molecular weight excluding hydrogens is 275 g/mol. The van der Waals surface area contributed by atoms with Crippen LogP contribution in [0.4, 0.5) is 4.39 Å². The summed E-state index contributed by atoms with van der Waals surface area (Å²) in [5, 5.41) is 9.88. The maximum atomic E-state index is 13.0. The lowest BCUT2D eigenvalue weighted by atomic mass is 10.3. The molecule has 1 aliphatic heterocycles. The minimum Gasteiger partial charge on any atom is -0.395 e. The zero-order chi connectivity index (χ0) is 13.9. The summed E-state index contributed by atoms with van der Waals surface area (Å²) in [5.74, 6) is 5.67. The van der Waals surface area contributed by atoms with Crippen LogP contribution in [-0.4, -0.2) is 26.9 Å². The molecule has 0 saturated heterocycles. The molecule has 1 aliphatic rings. The van der Waals surface area contributed by atoms with Gasteiger partial charge in [0, 0.05) is 5.39 Å². The summed E-state index contributed by atoms with van der Waals surface area (Å²) in [7, 11) is 0. The van der Waals surface area contributed by atoms with Gasteiger partial charge in [0.25, 0.3) is 0 Å². The molecule has 0 amide bonds. The predicted molar refractivity (Wildman–Crippen MR) is 78.6 cm³/mol. The van der Waals surface area contributed by atoms with E-state index in [0.717, 1.165) is 4.91 Å². The number of hydrogen-bond acceptors (Lipinski definition) is 3. The minimum absolute atomic E-state index is 0.0581. The van der Waals surface area contributed by atoms with Crippen molar-refractivity contribution in [2.45, 2.75) is 5.25 Å². The number of aliphatic hydroxyl groups excluding tert-OH is 1. The normalized spacial score (nSPS) is 17.7. The Bertz CT molecular complexity index is 767. The zero-order valence-electron chi connectivity index (χ0n) is 10.4. The fraction of sp³-hybridized carbons (Fsp3) is 0.133. The van der Waals surface area contributed by atoms with Crippen molar-refractivity contribution >= 4 is 22.8 Å². The number of nitrogens with zero attached hydrogens (tertiary/aromatic N) is 1. The number of halogens is 1. The number of nitrogens with one attached hydrogen (secondary N) is 1. The van der Waals surface area contributed by atoms with Crippen LogP contribution in [0.5, 0.6) is 0 Å². The average Bonchev–Trinajstić information content (AvgIpc) is 2.87. The number of aliphatic hydroxyl groups is 1. The Hall–Kier alpha value is -2.03. The van der Waals surface area contributed by atoms with Crippen molar-refractivity contribution < 1.29 is 9.50 Å². The Kier molecular flexibility index (Phi) is 3.59. The third kappa shape index (κ3) is 2.77. The number of thioether (sulfide) groups is 1. The molecule has 1 atom stereocenters. The van der Waals surface area contributed by atoms with Crippen LogP contribution in [0.2, 0.25) is 0 Å². The summed E-state index contributed by atoms with van der Waals surface area (Å²) in [4.78, 5) is 7.88. The van der Waals surface area contributed by atoms with E-state index in [4.69, 9.17) is 5.11 Å². The second-order valence-electron chi connectivity index (χ2n) is 4.28. The molecule has 0 aromatic carbocycles. The van der Waals surface area contributed by atoms with Gasteiger partial charge in [0.2, 0.25) is 0 Å². The van der Waals surface area contributed by atoms with Gasteiger partial charge in [0.05, 0.1) is 28.7 Å². The van der Waals surface area contributed by atoms with Gasteiger partial charge in [0.15, 0.2) is 0 Å². The Balaban J connectivity index is 1.85. The van der Waals surface area contributed by atoms with Gasteiger partial charge in [-0.1, -0.05) is 18.1 Å². The molecular formula is C15H11FN2OS. The van der Waals surface area contributed by atoms with Gasteiger partial charge in [-0.05, 0) is 24.1 Å². The van der Waals surface area contributed by atoms with Crippen molar-refractivity contribution in [1.82, 2.24) is 9.97 Å². The molecule has 3 nitrogen and oxygen atoms in total. The molecule has 3 rings (SSSR count). The average molecular weight is 286 g/mol. The van der Waals surface area contributed by atoms with Crippen LogP contribution >= 0.6 is 11.8 Å². The van der Waals surface area contributed by atoms with Crippen molar-refractivity contribution in [2.24, 2.45) is 0 Å². The number of pyridine rings is 1. The number of rotatable bonds is 1. The smallest absolute Gasteiger partial charge is 0.142 e. The van der Waals surface area contributed by atoms with Crippen molar-refractivity contribution in [3.63, 3.8) is 0 Å². The maximum absolute atomic E-state index is 13.0. The lowest BCUT2D eigenvalue weighted by Crippen LogP contribution is -2.06. The molecule has 0 saturated carbocycles. The van der Waals surface area contributed by atoms with Crippen LogP contribution in [0.1, 0.15) is 5.69 Å². The number of allylic oxidation sites excluding steroid dienone is 3. The molecule has 0 fully saturated rings. The SMILES string of the molecule is OCC1C=CC=C(C#Cc2cc3cc(F)cnc3[nH]2)S1. The molecule has 5 heteroatoms. The van der Waals surface area contributed by atoms with Crippen LogP contribution in [0.3, 0.4) is 0 Å². The summed E-state index contributed by atoms with van der Waals surface area (Å²) >= 11 is 1.52. The molecule has 0 bridgehead atoms. The van der Waals surface area contributed by atoms with E-state index in [1.165, 1.54) is 24.0 Å². The number of aromatic amines is 1. The van der Waals surface area contributed by atoms with Gasteiger partial charge >= 0.3 is 0 Å². The molecule has 100 valence electrons. The van der Waals surface area contributed by atoms with Crippen LogP contribution in [0, 0.1) is 17.7 Å².